The van der Waals surface area contributed by atoms with Crippen molar-refractivity contribution in [2.24, 2.45) is 70.1 Å². The SMILES string of the molecule is C/C1=C/C=C/[C@H](C)[C@H](O)[C@@H](C)[C@@H](O)[C@@H](C)[C@H](O)[C@H](C)[C@@H](O)C(C)/C=C(/C)C(=O)C2=c3c(O)cc(c(O)c3C(O)C(C)C2=O)=NC1=O.CO[C@H]1/C=C/C=C/C=C/C=C/C=C/C=C/C=C/[C@H](C)[C@@H](O)[C@@H](C)[C@H](C)OC(=O)C[C@H](O)C[C@H](O)CC[C@@H](O)[C@H](O)C[C@H](O)C[C@]2(O)C[C@H](O)[C@@H](C(=O)O)[C@H](C1)O2.COc1cc2cc(c1Cl)N(C)C(=O)C[C@H](OC(=O)C(C)C)[C@@]1(C)O[C@H]1[C@H](C)[C@@H]1C[C@@](O)(NC(=O)O1)[C@H](OC)/C=C/C=C(/C)C2. The Morgan fingerprint density at radius 1 is 0.582 bits per heavy atom. The number of ether oxygens (including phenoxy) is 8. The van der Waals surface area contributed by atoms with Crippen LogP contribution in [0, 0.1) is 65.1 Å². The quantitative estimate of drug-likeness (QED) is 0.0561. The van der Waals surface area contributed by atoms with Gasteiger partial charge in [-0.3, -0.25) is 38.9 Å². The normalized spacial score (nSPS) is 38.9. The van der Waals surface area contributed by atoms with Gasteiger partial charge in [-0.05, 0) is 83.6 Å². The number of carbonyl (C=O) groups is 8. The molecule has 146 heavy (non-hydrogen) atoms. The van der Waals surface area contributed by atoms with Gasteiger partial charge in [0.1, 0.15) is 63.6 Å². The molecule has 18 N–H and O–H groups in total. The highest BCUT2D eigenvalue weighted by atomic mass is 35.5. The van der Waals surface area contributed by atoms with Gasteiger partial charge in [-0.15, -0.1) is 0 Å². The van der Waals surface area contributed by atoms with Gasteiger partial charge in [0.05, 0.1) is 135 Å². The second-order valence-corrected chi connectivity index (χ2v) is 40.8. The van der Waals surface area contributed by atoms with Gasteiger partial charge in [0.2, 0.25) is 5.91 Å². The summed E-state index contributed by atoms with van der Waals surface area (Å²) in [5.41, 5.74) is -1.22. The van der Waals surface area contributed by atoms with Gasteiger partial charge >= 0.3 is 24.0 Å². The summed E-state index contributed by atoms with van der Waals surface area (Å²) in [6.07, 6.45) is 12.7. The van der Waals surface area contributed by atoms with Gasteiger partial charge in [-0.2, -0.15) is 0 Å². The molecule has 0 radical (unpaired) electrons. The molecule has 3 unspecified atom stereocenters. The third kappa shape index (κ3) is 33.1. The number of carbonyl (C=O) groups excluding carboxylic acids is 7. The molecule has 7 aliphatic heterocycles. The predicted octanol–water partition coefficient (Wildman–Crippen LogP) is 8.17. The van der Waals surface area contributed by atoms with Gasteiger partial charge in [0, 0.05) is 123 Å². The van der Waals surface area contributed by atoms with Crippen LogP contribution >= 0.6 is 11.6 Å². The van der Waals surface area contributed by atoms with Gasteiger partial charge < -0.3 is 130 Å². The minimum Gasteiger partial charge on any atom is -0.507 e. The summed E-state index contributed by atoms with van der Waals surface area (Å²) in [6.45, 7) is 26.7. The van der Waals surface area contributed by atoms with E-state index in [-0.39, 0.29) is 82.7 Å². The second kappa shape index (κ2) is 55.6. The first kappa shape index (κ1) is 123. The molecule has 3 fully saturated rings. The predicted molar refractivity (Wildman–Crippen MR) is 542 cm³/mol. The van der Waals surface area contributed by atoms with Crippen molar-refractivity contribution in [3.63, 3.8) is 0 Å². The first-order valence-electron chi connectivity index (χ1n) is 49.6. The van der Waals surface area contributed by atoms with Crippen molar-refractivity contribution in [2.45, 2.75) is 314 Å². The molecular formula is C109H154ClN3O33. The highest BCUT2D eigenvalue weighted by Gasteiger charge is 2.65. The van der Waals surface area contributed by atoms with Crippen molar-refractivity contribution >= 4 is 70.2 Å². The van der Waals surface area contributed by atoms with Crippen molar-refractivity contribution in [1.29, 1.82) is 0 Å². The van der Waals surface area contributed by atoms with Crippen LogP contribution in [0.15, 0.2) is 168 Å². The van der Waals surface area contributed by atoms with Gasteiger partial charge in [-0.25, -0.2) is 9.79 Å². The Morgan fingerprint density at radius 3 is 1.72 bits per heavy atom. The van der Waals surface area contributed by atoms with Crippen molar-refractivity contribution in [2.75, 3.05) is 33.3 Å². The monoisotopic (exact) mass is 2070 g/mol. The maximum atomic E-state index is 13.8. The number of nitrogens with zero attached hydrogens (tertiary/aromatic N) is 2. The van der Waals surface area contributed by atoms with Crippen molar-refractivity contribution in [3.05, 3.63) is 189 Å². The molecule has 0 saturated carbocycles. The summed E-state index contributed by atoms with van der Waals surface area (Å²) >= 11 is 6.68. The molecule has 32 atom stereocenters. The maximum Gasteiger partial charge on any atom is 0.409 e. The number of aliphatic carboxylic acids is 1. The number of hydrogen-bond donors (Lipinski definition) is 18. The van der Waals surface area contributed by atoms with Crippen LogP contribution < -0.4 is 25.5 Å². The molecule has 2 aromatic carbocycles. The number of nitrogens with one attached hydrogen (secondary N) is 1. The molecule has 3 saturated heterocycles. The fourth-order valence-electron chi connectivity index (χ4n) is 18.9. The number of benzene rings is 2. The van der Waals surface area contributed by atoms with E-state index in [9.17, 15) is 125 Å². The summed E-state index contributed by atoms with van der Waals surface area (Å²) in [7, 11) is 5.98. The Morgan fingerprint density at radius 2 is 1.14 bits per heavy atom. The standard InChI is InChI=1S/C42H64O14.C35H47NO10.C32H43ClN2O9/c1-27-17-15-13-11-9-7-5-6-8-10-12-14-16-18-33(54-4)24-37-39(41(51)52)36(48)26-42(53,56-37)25-32(45)22-35(47)34(46)20-19-30(43)21-31(44)23-38(49)55-29(3)28(2)40(27)50;1-14-10-9-11-15(2)35(46)36-22-13-23(37)24-25(32(43)21(8)33(44)26(24)34(22)45)29(40)17(4)12-16(3)28(39)19(6)31(42)20(7)30(41)18(5)27(14)38;1-17(2)29(37)43-25-15-26(36)35(6)21-13-20(14-22(40-7)27(21)33)12-18(3)10-9-11-24(41-8)32(39)16-23(42-30(38)34-32)19(4)28-31(25,5)44-28/h5-18,27-37,39-40,43-48,50,53H,19-26H2,1-4H3,(H,51,52);9-14,16,18-21,27-28,30-31,33,37-39,41-42,44-45H,1-8H3;9-11,13-14,17,19,23-25,28,39H,12,15-16H2,1-8H3,(H,34,38)/b6-5+,9-7+,10-8+,13-11+,14-12+,17-15+,18-16+;10-9+,15-11-,17-12-,36-22?;11-9+,18-10-/t27-,28-,29-,30+,31+,32-,33-,34+,35+,36-,37-,39+,40+,42+;14-,16?,18+,19+,20+,21?,27-,28-,30+,31+,33?;19-,23+,24-,25+,28+,31-,32+/m001/s1. The van der Waals surface area contributed by atoms with E-state index >= 15 is 0 Å². The number of hydrogen-bond acceptors (Lipinski definition) is 32. The summed E-state index contributed by atoms with van der Waals surface area (Å²) in [5, 5.41) is 187. The number of aliphatic hydroxyl groups excluding tert-OH is 12. The number of methoxy groups -OCH3 is 3. The number of rotatable bonds is 6. The van der Waals surface area contributed by atoms with Crippen LogP contribution in [0.3, 0.4) is 0 Å². The molecule has 1 aliphatic carbocycles. The third-order valence-electron chi connectivity index (χ3n) is 28.5. The average Bonchev–Trinajstić information content (AvgIpc) is 1.37. The van der Waals surface area contributed by atoms with Crippen LogP contribution in [-0.2, 0) is 73.1 Å². The highest BCUT2D eigenvalue weighted by molar-refractivity contribution is 6.46. The zero-order chi connectivity index (χ0) is 109. The molecule has 10 bridgehead atoms. The number of phenolic OH excluding ortho intramolecular Hbond substituents is 2. The number of carboxylic acid groups (broad SMARTS) is 1. The van der Waals surface area contributed by atoms with E-state index in [1.807, 2.05) is 93.7 Å². The lowest BCUT2D eigenvalue weighted by atomic mass is 9.76. The minimum absolute atomic E-state index is 0.00361. The third-order valence-corrected chi connectivity index (χ3v) is 28.9. The van der Waals surface area contributed by atoms with Crippen LogP contribution in [-0.4, -0.2) is 290 Å². The van der Waals surface area contributed by atoms with Crippen molar-refractivity contribution < 1.29 is 163 Å². The number of phenols is 2. The number of carboxylic acids is 1. The van der Waals surface area contributed by atoms with Gasteiger partial charge in [0.25, 0.3) is 5.91 Å². The molecule has 810 valence electrons. The van der Waals surface area contributed by atoms with Crippen molar-refractivity contribution in [3.8, 4) is 17.2 Å². The molecular weight excluding hydrogens is 1910 g/mol. The molecule has 0 aromatic heterocycles. The number of fused-ring (bicyclic) bond motifs is 22. The summed E-state index contributed by atoms with van der Waals surface area (Å²) < 4.78 is 45.5. The zero-order valence-corrected chi connectivity index (χ0v) is 87.6. The number of Topliss-reactive ketones (excluding diaryl/α,β-unsaturated/α-hetero) is 2. The molecule has 7 heterocycles. The Kier molecular flexibility index (Phi) is 46.8. The Balaban J connectivity index is 0.000000299. The Labute approximate surface area is 858 Å². The molecule has 37 heteroatoms. The largest absolute Gasteiger partial charge is 0.507 e. The Bertz CT molecular complexity index is 5350. The highest BCUT2D eigenvalue weighted by Crippen LogP contribution is 2.50. The summed E-state index contributed by atoms with van der Waals surface area (Å²) in [5.74, 6) is -15.9. The smallest absolute Gasteiger partial charge is 0.409 e. The lowest BCUT2D eigenvalue weighted by Crippen LogP contribution is -2.63. The van der Waals surface area contributed by atoms with E-state index in [2.05, 4.69) is 10.3 Å². The number of aromatic hydroxyl groups is 2. The van der Waals surface area contributed by atoms with Crippen LogP contribution in [0.1, 0.15) is 192 Å². The molecule has 2 aromatic rings. The number of anilines is 1. The minimum atomic E-state index is -2.17. The fourth-order valence-corrected chi connectivity index (χ4v) is 19.2. The second-order valence-electron chi connectivity index (χ2n) is 40.4. The summed E-state index contributed by atoms with van der Waals surface area (Å²) in [4.78, 5) is 109. The van der Waals surface area contributed by atoms with E-state index in [0.29, 0.717) is 17.9 Å². The van der Waals surface area contributed by atoms with Crippen LogP contribution in [0.4, 0.5) is 10.5 Å². The number of aliphatic hydroxyl groups is 14. The molecule has 10 rings (SSSR count). The van der Waals surface area contributed by atoms with E-state index in [0.717, 1.165) is 17.2 Å². The van der Waals surface area contributed by atoms with Crippen molar-refractivity contribution in [1.82, 2.24) is 5.32 Å². The maximum absolute atomic E-state index is 13.8. The number of ketones is 2. The zero-order valence-electron chi connectivity index (χ0n) is 86.9. The number of esters is 2. The number of cyclic esters (lactones) is 1. The lowest BCUT2D eigenvalue weighted by Gasteiger charge is -2.44. The average molecular weight is 2070 g/mol. The summed E-state index contributed by atoms with van der Waals surface area (Å²) in [6, 6.07) is 4.57. The molecule has 36 nitrogen and oxygen atoms in total. The molecule has 8 aliphatic rings. The number of epoxide rings is 1. The first-order chi connectivity index (χ1) is 68.4. The number of allylic oxidation sites excluding steroid dienone is 18. The van der Waals surface area contributed by atoms with Crippen LogP contribution in [0.2, 0.25) is 5.02 Å². The molecule has 3 amide bonds. The number of amides is 3. The van der Waals surface area contributed by atoms with E-state index in [1.54, 1.807) is 125 Å². The first-order valence-corrected chi connectivity index (χ1v) is 49.9. The van der Waals surface area contributed by atoms with Crippen LogP contribution in [0.25, 0.3) is 5.57 Å². The van der Waals surface area contributed by atoms with Crippen LogP contribution in [0.5, 0.6) is 17.2 Å². The number of halogens is 1. The van der Waals surface area contributed by atoms with Gasteiger partial charge in [0.15, 0.2) is 23.1 Å². The number of alkyl carbamates (subject to hydrolysis) is 1. The lowest BCUT2D eigenvalue weighted by molar-refractivity contribution is -0.300. The topological polar surface area (TPSA) is 585 Å². The van der Waals surface area contributed by atoms with Gasteiger partial charge in [-0.1, -0.05) is 221 Å². The fraction of sp³-hybridized carbons (Fsp3) is 0.587. The Hall–Kier alpha value is -9.88. The molecule has 0 spiro atoms. The van der Waals surface area contributed by atoms with E-state index in [4.69, 9.17) is 49.5 Å². The van der Waals surface area contributed by atoms with E-state index < -0.39 is 276 Å². The van der Waals surface area contributed by atoms with E-state index in [1.165, 1.54) is 65.2 Å².